The van der Waals surface area contributed by atoms with Crippen molar-refractivity contribution in [3.05, 3.63) is 11.6 Å². The third-order valence-corrected chi connectivity index (χ3v) is 17.9. The molecule has 0 unspecified atom stereocenters. The molecule has 354 valence electrons. The maximum Gasteiger partial charge on any atom is 0.187 e. The van der Waals surface area contributed by atoms with Crippen molar-refractivity contribution >= 4 is 0 Å². The van der Waals surface area contributed by atoms with Crippen LogP contribution in [0.15, 0.2) is 11.6 Å². The molecule has 3 saturated carbocycles. The van der Waals surface area contributed by atoms with E-state index in [9.17, 15) is 46.0 Å². The molecule has 4 aliphatic carbocycles. The lowest BCUT2D eigenvalue weighted by molar-refractivity contribution is -0.388. The topological polar surface area (TPSA) is 256 Å². The van der Waals surface area contributed by atoms with Crippen LogP contribution in [0.4, 0.5) is 0 Å². The Kier molecular flexibility index (Phi) is 12.4. The second-order valence-electron chi connectivity index (χ2n) is 21.2. The number of ether oxygens (including phenoxy) is 8. The fourth-order valence-corrected chi connectivity index (χ4v) is 13.9. The van der Waals surface area contributed by atoms with E-state index in [1.165, 1.54) is 19.4 Å². The Bertz CT molecular complexity index is 1640. The van der Waals surface area contributed by atoms with Crippen LogP contribution in [0.5, 0.6) is 0 Å². The van der Waals surface area contributed by atoms with Gasteiger partial charge in [0, 0.05) is 17.8 Å². The summed E-state index contributed by atoms with van der Waals surface area (Å²) in [5, 5.41) is 98.7. The quantitative estimate of drug-likeness (QED) is 0.157. The van der Waals surface area contributed by atoms with Gasteiger partial charge >= 0.3 is 0 Å². The molecule has 5 saturated heterocycles. The number of hydrogen-bond donors (Lipinski definition) is 9. The minimum Gasteiger partial charge on any atom is -0.394 e. The molecule has 9 rings (SSSR count). The average molecular weight is 885 g/mol. The van der Waals surface area contributed by atoms with Gasteiger partial charge in [0.05, 0.1) is 37.6 Å². The Labute approximate surface area is 363 Å². The molecule has 17 nitrogen and oxygen atoms in total. The molecule has 0 bridgehead atoms. The summed E-state index contributed by atoms with van der Waals surface area (Å²) in [4.78, 5) is 0. The summed E-state index contributed by atoms with van der Waals surface area (Å²) in [7, 11) is 0. The zero-order valence-electron chi connectivity index (χ0n) is 36.8. The molecule has 0 radical (unpaired) electrons. The van der Waals surface area contributed by atoms with Gasteiger partial charge in [-0.2, -0.15) is 0 Å². The molecule has 0 aromatic rings. The first-order valence-corrected chi connectivity index (χ1v) is 23.3. The largest absolute Gasteiger partial charge is 0.394 e. The average Bonchev–Trinajstić information content (AvgIpc) is 3.60. The second-order valence-corrected chi connectivity index (χ2v) is 21.2. The van der Waals surface area contributed by atoms with E-state index in [1.54, 1.807) is 0 Å². The van der Waals surface area contributed by atoms with Crippen molar-refractivity contribution < 1.29 is 83.9 Å². The van der Waals surface area contributed by atoms with Crippen LogP contribution in [-0.2, 0) is 37.9 Å². The molecule has 62 heavy (non-hydrogen) atoms. The Morgan fingerprint density at radius 1 is 0.694 bits per heavy atom. The van der Waals surface area contributed by atoms with Crippen LogP contribution >= 0.6 is 0 Å². The summed E-state index contributed by atoms with van der Waals surface area (Å²) in [6, 6.07) is 0. The van der Waals surface area contributed by atoms with E-state index >= 15 is 0 Å². The zero-order chi connectivity index (χ0) is 44.4. The molecule has 5 aliphatic heterocycles. The summed E-state index contributed by atoms with van der Waals surface area (Å²) in [5.74, 6) is 0.684. The number of fused-ring (bicyclic) bond motifs is 7. The van der Waals surface area contributed by atoms with Crippen LogP contribution in [0, 0.1) is 40.4 Å². The number of rotatable bonds is 7. The van der Waals surface area contributed by atoms with Crippen molar-refractivity contribution in [2.24, 2.45) is 40.4 Å². The van der Waals surface area contributed by atoms with E-state index in [2.05, 4.69) is 33.8 Å². The first-order valence-electron chi connectivity index (χ1n) is 23.3. The molecule has 0 amide bonds. The van der Waals surface area contributed by atoms with E-state index in [-0.39, 0.29) is 22.9 Å². The summed E-state index contributed by atoms with van der Waals surface area (Å²) in [5.41, 5.74) is -0.108. The first-order chi connectivity index (χ1) is 29.3. The van der Waals surface area contributed by atoms with Crippen molar-refractivity contribution in [2.45, 2.75) is 215 Å². The highest BCUT2D eigenvalue weighted by Crippen LogP contribution is 2.72. The van der Waals surface area contributed by atoms with Crippen molar-refractivity contribution in [2.75, 3.05) is 13.2 Å². The van der Waals surface area contributed by atoms with Crippen LogP contribution in [0.2, 0.25) is 0 Å². The van der Waals surface area contributed by atoms with Gasteiger partial charge in [0.25, 0.3) is 0 Å². The first kappa shape index (κ1) is 46.2. The second kappa shape index (κ2) is 16.7. The Morgan fingerprint density at radius 2 is 1.34 bits per heavy atom. The third kappa shape index (κ3) is 7.05. The van der Waals surface area contributed by atoms with Gasteiger partial charge in [-0.3, -0.25) is 0 Å². The lowest BCUT2D eigenvalue weighted by Gasteiger charge is -2.60. The van der Waals surface area contributed by atoms with Gasteiger partial charge in [-0.05, 0) is 94.3 Å². The lowest BCUT2D eigenvalue weighted by atomic mass is 9.46. The molecule has 8 fully saturated rings. The van der Waals surface area contributed by atoms with Gasteiger partial charge < -0.3 is 83.9 Å². The molecular weight excluding hydrogens is 812 g/mol. The van der Waals surface area contributed by atoms with E-state index in [1.807, 2.05) is 0 Å². The standard InChI is InChI=1S/C45H72O17/c1-19-9-14-44(55-18-19)22(4)45(54)29(62-44)16-27-25-8-7-23-15-24(10-12-42(23,5)26(25)11-13-43(27,45)6)58-41-38(61-40-35(52)33(50)31(48)21(3)57-40)36(53)37(28(17-46)59-41)60-39-34(51)32(49)30(47)20(2)56-39/h7,19-22,24-41,46-54H,8-18H2,1-6H3/t19-,20+,21+,22-,24+,25-,26+,27-,28-,29+,30+,31+,32-,33-,34-,35-,36+,37-,38-,39+,40+,41-,42+,43+,44-,45-/m1/s1. The summed E-state index contributed by atoms with van der Waals surface area (Å²) in [6.45, 7) is 12.0. The van der Waals surface area contributed by atoms with Crippen molar-refractivity contribution in [1.29, 1.82) is 0 Å². The highest BCUT2D eigenvalue weighted by atomic mass is 16.8. The van der Waals surface area contributed by atoms with Gasteiger partial charge in [-0.1, -0.05) is 39.3 Å². The number of aliphatic hydroxyl groups excluding tert-OH is 8. The van der Waals surface area contributed by atoms with Crippen molar-refractivity contribution in [3.8, 4) is 0 Å². The van der Waals surface area contributed by atoms with Crippen LogP contribution in [-0.4, -0.2) is 175 Å². The summed E-state index contributed by atoms with van der Waals surface area (Å²) < 4.78 is 49.8. The molecule has 5 heterocycles. The number of allylic oxidation sites excluding steroid dienone is 1. The monoisotopic (exact) mass is 884 g/mol. The fraction of sp³-hybridized carbons (Fsp3) is 0.956. The van der Waals surface area contributed by atoms with Crippen LogP contribution in [0.25, 0.3) is 0 Å². The van der Waals surface area contributed by atoms with Crippen LogP contribution < -0.4 is 0 Å². The van der Waals surface area contributed by atoms with Gasteiger partial charge in [-0.25, -0.2) is 0 Å². The predicted octanol–water partition coefficient (Wildman–Crippen LogP) is 0.357. The molecule has 26 atom stereocenters. The highest BCUT2D eigenvalue weighted by Gasteiger charge is 2.76. The maximum atomic E-state index is 12.8. The van der Waals surface area contributed by atoms with E-state index < -0.39 is 116 Å². The predicted molar refractivity (Wildman–Crippen MR) is 214 cm³/mol. The lowest BCUT2D eigenvalue weighted by Crippen LogP contribution is -2.66. The fourth-order valence-electron chi connectivity index (χ4n) is 13.9. The van der Waals surface area contributed by atoms with Gasteiger partial charge in [0.2, 0.25) is 0 Å². The van der Waals surface area contributed by atoms with Crippen LogP contribution in [0.3, 0.4) is 0 Å². The Hall–Kier alpha value is -0.940. The SMILES string of the molecule is C[C@@H]1CC[C@@]2(OC1)O[C@H]1C[C@@H]3[C@@H]4CC=C5C[C@@H](O[C@@H]6O[C@H](CO)[C@@H](O[C@@H]7O[C@@H](C)[C@H](O)[C@@H](O)[C@H]7O)[C@H](O)[C@H]6O[C@@H]6O[C@@H](C)[C@H](O)[C@@H](O)[C@H]6O)CC[C@]5(C)[C@H]4CC[C@]3(C)[C@@]1(O)[C@@H]2C. The highest BCUT2D eigenvalue weighted by molar-refractivity contribution is 5.29. The molecule has 0 aromatic heterocycles. The molecule has 9 N–H and O–H groups in total. The summed E-state index contributed by atoms with van der Waals surface area (Å²) in [6.07, 6.45) is -12.6. The number of aliphatic hydroxyl groups is 9. The zero-order valence-corrected chi connectivity index (χ0v) is 36.8. The maximum absolute atomic E-state index is 12.8. The molecular formula is C45H72O17. The molecule has 0 aromatic carbocycles. The van der Waals surface area contributed by atoms with Gasteiger partial charge in [0.1, 0.15) is 66.6 Å². The third-order valence-electron chi connectivity index (χ3n) is 17.9. The van der Waals surface area contributed by atoms with E-state index in [0.717, 1.165) is 44.9 Å². The Balaban J connectivity index is 0.924. The smallest absolute Gasteiger partial charge is 0.187 e. The van der Waals surface area contributed by atoms with Gasteiger partial charge in [-0.15, -0.1) is 0 Å². The molecule has 1 spiro atoms. The normalized spacial score (nSPS) is 58.9. The molecule has 9 aliphatic rings. The molecule has 17 heteroatoms. The van der Waals surface area contributed by atoms with Gasteiger partial charge in [0.15, 0.2) is 24.7 Å². The van der Waals surface area contributed by atoms with E-state index in [0.29, 0.717) is 43.1 Å². The minimum absolute atomic E-state index is 0.112. The number of hydrogen-bond acceptors (Lipinski definition) is 17. The van der Waals surface area contributed by atoms with Crippen molar-refractivity contribution in [3.63, 3.8) is 0 Å². The Morgan fingerprint density at radius 3 is 1.95 bits per heavy atom. The van der Waals surface area contributed by atoms with E-state index in [4.69, 9.17) is 37.9 Å². The minimum atomic E-state index is -1.72. The summed E-state index contributed by atoms with van der Waals surface area (Å²) >= 11 is 0. The van der Waals surface area contributed by atoms with Crippen molar-refractivity contribution in [1.82, 2.24) is 0 Å². The van der Waals surface area contributed by atoms with Crippen LogP contribution in [0.1, 0.15) is 99.3 Å².